The Balaban J connectivity index is 2.26. The van der Waals surface area contributed by atoms with Gasteiger partial charge >= 0.3 is 5.97 Å². The SMILES string of the molecule is Cc1cc(C(=O)O)c2c(C)nn(-c3ccc(S(C)(=O)=O)cc3)c2n1. The molecule has 0 bridgehead atoms. The second-order valence-electron chi connectivity index (χ2n) is 5.58. The number of carboxylic acid groups (broad SMARTS) is 1. The minimum atomic E-state index is -3.29. The number of aromatic carboxylic acids is 1. The smallest absolute Gasteiger partial charge is 0.336 e. The van der Waals surface area contributed by atoms with Crippen LogP contribution in [0, 0.1) is 13.8 Å². The molecule has 2 aromatic heterocycles. The maximum Gasteiger partial charge on any atom is 0.336 e. The van der Waals surface area contributed by atoms with Crippen LogP contribution in [-0.2, 0) is 9.84 Å². The van der Waals surface area contributed by atoms with Crippen LogP contribution in [0.25, 0.3) is 16.7 Å². The summed E-state index contributed by atoms with van der Waals surface area (Å²) in [6.45, 7) is 3.43. The fraction of sp³-hybridized carbons (Fsp3) is 0.188. The minimum Gasteiger partial charge on any atom is -0.478 e. The van der Waals surface area contributed by atoms with Gasteiger partial charge in [0.25, 0.3) is 0 Å². The van der Waals surface area contributed by atoms with Crippen molar-refractivity contribution in [2.75, 3.05) is 6.26 Å². The molecule has 0 aliphatic rings. The number of aromatic nitrogens is 3. The highest BCUT2D eigenvalue weighted by molar-refractivity contribution is 7.90. The Morgan fingerprint density at radius 3 is 2.33 bits per heavy atom. The van der Waals surface area contributed by atoms with E-state index in [-0.39, 0.29) is 10.5 Å². The molecule has 124 valence electrons. The summed E-state index contributed by atoms with van der Waals surface area (Å²) in [5, 5.41) is 14.3. The van der Waals surface area contributed by atoms with Gasteiger partial charge in [-0.05, 0) is 44.2 Å². The van der Waals surface area contributed by atoms with Gasteiger partial charge in [0.2, 0.25) is 0 Å². The average molecular weight is 345 g/mol. The first kappa shape index (κ1) is 16.1. The van der Waals surface area contributed by atoms with E-state index in [0.29, 0.717) is 28.1 Å². The number of benzene rings is 1. The quantitative estimate of drug-likeness (QED) is 0.780. The third-order valence-electron chi connectivity index (χ3n) is 3.68. The molecule has 0 fully saturated rings. The highest BCUT2D eigenvalue weighted by Crippen LogP contribution is 2.25. The van der Waals surface area contributed by atoms with E-state index in [1.165, 1.54) is 22.9 Å². The van der Waals surface area contributed by atoms with Gasteiger partial charge in [0.1, 0.15) is 0 Å². The maximum atomic E-state index is 11.6. The summed E-state index contributed by atoms with van der Waals surface area (Å²) in [6.07, 6.45) is 1.14. The third-order valence-corrected chi connectivity index (χ3v) is 4.81. The summed E-state index contributed by atoms with van der Waals surface area (Å²) in [4.78, 5) is 16.1. The topological polar surface area (TPSA) is 102 Å². The monoisotopic (exact) mass is 345 g/mol. The molecule has 0 spiro atoms. The largest absolute Gasteiger partial charge is 0.478 e. The first-order valence-electron chi connectivity index (χ1n) is 7.09. The van der Waals surface area contributed by atoms with E-state index in [1.54, 1.807) is 26.0 Å². The summed E-state index contributed by atoms with van der Waals surface area (Å²) in [5.41, 5.74) is 2.29. The van der Waals surface area contributed by atoms with Crippen LogP contribution < -0.4 is 0 Å². The van der Waals surface area contributed by atoms with Crippen LogP contribution in [0.1, 0.15) is 21.7 Å². The molecule has 0 saturated carbocycles. The summed E-state index contributed by atoms with van der Waals surface area (Å²) in [5.74, 6) is -1.04. The van der Waals surface area contributed by atoms with Crippen molar-refractivity contribution in [1.82, 2.24) is 14.8 Å². The lowest BCUT2D eigenvalue weighted by Gasteiger charge is -2.05. The number of carboxylic acids is 1. The van der Waals surface area contributed by atoms with Gasteiger partial charge in [-0.25, -0.2) is 22.9 Å². The summed E-state index contributed by atoms with van der Waals surface area (Å²) < 4.78 is 24.6. The van der Waals surface area contributed by atoms with Gasteiger partial charge < -0.3 is 5.11 Å². The fourth-order valence-corrected chi connectivity index (χ4v) is 3.23. The van der Waals surface area contributed by atoms with Gasteiger partial charge in [0.05, 0.1) is 27.2 Å². The van der Waals surface area contributed by atoms with Crippen LogP contribution in [0.2, 0.25) is 0 Å². The molecule has 2 heterocycles. The minimum absolute atomic E-state index is 0.147. The molecule has 0 atom stereocenters. The number of hydrogen-bond donors (Lipinski definition) is 1. The predicted octanol–water partition coefficient (Wildman–Crippen LogP) is 2.14. The molecule has 3 aromatic rings. The molecule has 0 saturated heterocycles. The fourth-order valence-electron chi connectivity index (χ4n) is 2.60. The molecule has 8 heteroatoms. The Morgan fingerprint density at radius 2 is 1.79 bits per heavy atom. The molecule has 1 N–H and O–H groups in total. The highest BCUT2D eigenvalue weighted by atomic mass is 32.2. The van der Waals surface area contributed by atoms with Crippen LogP contribution in [0.5, 0.6) is 0 Å². The number of rotatable bonds is 3. The zero-order valence-corrected chi connectivity index (χ0v) is 14.1. The van der Waals surface area contributed by atoms with Crippen molar-refractivity contribution in [2.24, 2.45) is 0 Å². The van der Waals surface area contributed by atoms with Crippen LogP contribution in [0.3, 0.4) is 0 Å². The van der Waals surface area contributed by atoms with Crippen LogP contribution >= 0.6 is 0 Å². The van der Waals surface area contributed by atoms with E-state index >= 15 is 0 Å². The summed E-state index contributed by atoms with van der Waals surface area (Å²) in [6, 6.07) is 7.72. The summed E-state index contributed by atoms with van der Waals surface area (Å²) in [7, 11) is -3.29. The molecule has 1 aromatic carbocycles. The Kier molecular flexibility index (Phi) is 3.64. The molecule has 3 rings (SSSR count). The van der Waals surface area contributed by atoms with Gasteiger partial charge in [-0.1, -0.05) is 0 Å². The van der Waals surface area contributed by atoms with E-state index in [2.05, 4.69) is 10.1 Å². The van der Waals surface area contributed by atoms with Crippen molar-refractivity contribution in [3.8, 4) is 5.69 Å². The Morgan fingerprint density at radius 1 is 1.17 bits per heavy atom. The number of hydrogen-bond acceptors (Lipinski definition) is 5. The van der Waals surface area contributed by atoms with Crippen LogP contribution in [0.15, 0.2) is 35.2 Å². The lowest BCUT2D eigenvalue weighted by Crippen LogP contribution is -2.03. The second kappa shape index (κ2) is 5.41. The number of aryl methyl sites for hydroxylation is 2. The lowest BCUT2D eigenvalue weighted by molar-refractivity contribution is 0.0698. The molecule has 0 amide bonds. The number of fused-ring (bicyclic) bond motifs is 1. The number of sulfone groups is 1. The number of carbonyl (C=O) groups is 1. The third kappa shape index (κ3) is 2.65. The van der Waals surface area contributed by atoms with Crippen molar-refractivity contribution in [3.63, 3.8) is 0 Å². The van der Waals surface area contributed by atoms with E-state index in [9.17, 15) is 18.3 Å². The molecule has 0 aliphatic heterocycles. The van der Waals surface area contributed by atoms with Gasteiger partial charge in [-0.3, -0.25) is 0 Å². The first-order valence-corrected chi connectivity index (χ1v) is 8.98. The molecular formula is C16H15N3O4S. The predicted molar refractivity (Wildman–Crippen MR) is 88.4 cm³/mol. The van der Waals surface area contributed by atoms with Crippen molar-refractivity contribution in [1.29, 1.82) is 0 Å². The standard InChI is InChI=1S/C16H15N3O4S/c1-9-8-13(16(20)21)14-10(2)18-19(15(14)17-9)11-4-6-12(7-5-11)24(3,22)23/h4-8H,1-3H3,(H,20,21). The van der Waals surface area contributed by atoms with Crippen LogP contribution in [-0.4, -0.2) is 40.5 Å². The Labute approximate surface area is 138 Å². The average Bonchev–Trinajstić information content (AvgIpc) is 2.82. The van der Waals surface area contributed by atoms with Crippen molar-refractivity contribution < 1.29 is 18.3 Å². The molecule has 0 radical (unpaired) electrons. The van der Waals surface area contributed by atoms with E-state index in [0.717, 1.165) is 6.26 Å². The van der Waals surface area contributed by atoms with E-state index in [4.69, 9.17) is 0 Å². The van der Waals surface area contributed by atoms with Gasteiger partial charge in [-0.15, -0.1) is 0 Å². The Bertz CT molecular complexity index is 1070. The van der Waals surface area contributed by atoms with Gasteiger partial charge in [0, 0.05) is 11.9 Å². The maximum absolute atomic E-state index is 11.6. The van der Waals surface area contributed by atoms with Gasteiger partial charge in [0.15, 0.2) is 15.5 Å². The van der Waals surface area contributed by atoms with E-state index < -0.39 is 15.8 Å². The summed E-state index contributed by atoms with van der Waals surface area (Å²) >= 11 is 0. The van der Waals surface area contributed by atoms with Crippen molar-refractivity contribution >= 4 is 26.8 Å². The van der Waals surface area contributed by atoms with Crippen LogP contribution in [0.4, 0.5) is 0 Å². The lowest BCUT2D eigenvalue weighted by atomic mass is 10.1. The molecule has 0 unspecified atom stereocenters. The normalized spacial score (nSPS) is 11.8. The molecule has 24 heavy (non-hydrogen) atoms. The molecule has 7 nitrogen and oxygen atoms in total. The molecule has 0 aliphatic carbocycles. The zero-order valence-electron chi connectivity index (χ0n) is 13.3. The first-order chi connectivity index (χ1) is 11.2. The molecular weight excluding hydrogens is 330 g/mol. The van der Waals surface area contributed by atoms with E-state index in [1.807, 2.05) is 0 Å². The highest BCUT2D eigenvalue weighted by Gasteiger charge is 2.19. The van der Waals surface area contributed by atoms with Gasteiger partial charge in [-0.2, -0.15) is 5.10 Å². The number of pyridine rings is 1. The van der Waals surface area contributed by atoms with Crippen molar-refractivity contribution in [3.05, 3.63) is 47.3 Å². The number of nitrogens with zero attached hydrogens (tertiary/aromatic N) is 3. The second-order valence-corrected chi connectivity index (χ2v) is 7.59. The van der Waals surface area contributed by atoms with Crippen molar-refractivity contribution in [2.45, 2.75) is 18.7 Å². The zero-order chi connectivity index (χ0) is 17.6. The Hall–Kier alpha value is -2.74.